The van der Waals surface area contributed by atoms with Gasteiger partial charge in [-0.1, -0.05) is 13.3 Å². The zero-order chi connectivity index (χ0) is 18.1. The zero-order valence-electron chi connectivity index (χ0n) is 15.2. The Hall–Kier alpha value is -2.63. The van der Waals surface area contributed by atoms with Crippen LogP contribution in [0.1, 0.15) is 40.0 Å². The van der Waals surface area contributed by atoms with Gasteiger partial charge < -0.3 is 15.5 Å². The Morgan fingerprint density at radius 3 is 2.16 bits per heavy atom. The van der Waals surface area contributed by atoms with E-state index in [4.69, 9.17) is 0 Å². The quantitative estimate of drug-likeness (QED) is 0.715. The summed E-state index contributed by atoms with van der Waals surface area (Å²) in [6, 6.07) is 11.8. The smallest absolute Gasteiger partial charge is 0.225 e. The van der Waals surface area contributed by atoms with Crippen molar-refractivity contribution in [1.82, 2.24) is 10.2 Å². The van der Waals surface area contributed by atoms with Crippen LogP contribution >= 0.6 is 0 Å². The number of rotatable bonds is 9. The third-order valence-electron chi connectivity index (χ3n) is 3.96. The lowest BCUT2D eigenvalue weighted by Crippen LogP contribution is -2.21. The van der Waals surface area contributed by atoms with Gasteiger partial charge in [0, 0.05) is 30.9 Å². The summed E-state index contributed by atoms with van der Waals surface area (Å²) in [5, 5.41) is 14.1. The summed E-state index contributed by atoms with van der Waals surface area (Å²) in [6.07, 6.45) is 2.38. The van der Waals surface area contributed by atoms with Crippen molar-refractivity contribution < 1.29 is 4.79 Å². The third kappa shape index (κ3) is 5.74. The van der Waals surface area contributed by atoms with E-state index in [2.05, 4.69) is 58.6 Å². The molecule has 0 radical (unpaired) electrons. The van der Waals surface area contributed by atoms with E-state index in [1.54, 1.807) is 12.1 Å². The molecule has 0 saturated carbocycles. The Kier molecular flexibility index (Phi) is 7.19. The van der Waals surface area contributed by atoms with Crippen molar-refractivity contribution in [3.05, 3.63) is 36.4 Å². The fraction of sp³-hybridized carbons (Fsp3) is 0.421. The number of hydrogen-bond donors (Lipinski definition) is 2. The lowest BCUT2D eigenvalue weighted by molar-refractivity contribution is -0.116. The number of carbonyl (C=O) groups excluding carboxylic acids is 1. The molecule has 1 aromatic heterocycles. The van der Waals surface area contributed by atoms with E-state index in [1.165, 1.54) is 5.69 Å². The van der Waals surface area contributed by atoms with Crippen LogP contribution in [0, 0.1) is 0 Å². The molecule has 2 rings (SSSR count). The lowest BCUT2D eigenvalue weighted by atomic mass is 10.2. The van der Waals surface area contributed by atoms with Crippen LogP contribution in [0.2, 0.25) is 0 Å². The summed E-state index contributed by atoms with van der Waals surface area (Å²) in [5.74, 6) is 1.09. The van der Waals surface area contributed by atoms with E-state index in [9.17, 15) is 4.79 Å². The third-order valence-corrected chi connectivity index (χ3v) is 3.96. The summed E-state index contributed by atoms with van der Waals surface area (Å²) in [6.45, 7) is 8.32. The largest absolute Gasteiger partial charge is 0.372 e. The number of nitrogens with one attached hydrogen (secondary N) is 2. The van der Waals surface area contributed by atoms with Crippen LogP contribution in [0.5, 0.6) is 0 Å². The lowest BCUT2D eigenvalue weighted by Gasteiger charge is -2.21. The van der Waals surface area contributed by atoms with Crippen LogP contribution in [-0.2, 0) is 4.79 Å². The molecular weight excluding hydrogens is 314 g/mol. The first-order valence-corrected chi connectivity index (χ1v) is 8.91. The van der Waals surface area contributed by atoms with Gasteiger partial charge in [-0.15, -0.1) is 10.2 Å². The molecule has 25 heavy (non-hydrogen) atoms. The second-order valence-electron chi connectivity index (χ2n) is 5.80. The topological polar surface area (TPSA) is 70.2 Å². The van der Waals surface area contributed by atoms with Crippen LogP contribution in [0.15, 0.2) is 36.4 Å². The minimum absolute atomic E-state index is 0.0242. The first-order chi connectivity index (χ1) is 12.2. The molecule has 2 N–H and O–H groups in total. The molecule has 0 saturated heterocycles. The van der Waals surface area contributed by atoms with Crippen LogP contribution < -0.4 is 15.5 Å². The Balaban J connectivity index is 1.93. The molecule has 2 aromatic rings. The second-order valence-corrected chi connectivity index (χ2v) is 5.80. The summed E-state index contributed by atoms with van der Waals surface area (Å²) in [4.78, 5) is 14.0. The van der Waals surface area contributed by atoms with Crippen LogP contribution in [0.25, 0.3) is 0 Å². The predicted molar refractivity (Wildman–Crippen MR) is 103 cm³/mol. The number of nitrogens with zero attached hydrogens (tertiary/aromatic N) is 3. The van der Waals surface area contributed by atoms with E-state index >= 15 is 0 Å². The van der Waals surface area contributed by atoms with Crippen molar-refractivity contribution in [1.29, 1.82) is 0 Å². The molecule has 134 valence electrons. The van der Waals surface area contributed by atoms with E-state index < -0.39 is 0 Å². The van der Waals surface area contributed by atoms with Crippen LogP contribution in [-0.4, -0.2) is 29.2 Å². The fourth-order valence-electron chi connectivity index (χ4n) is 2.50. The number of carbonyl (C=O) groups is 1. The molecule has 0 atom stereocenters. The molecule has 0 fully saturated rings. The molecular formula is C19H27N5O. The highest BCUT2D eigenvalue weighted by Gasteiger charge is 2.05. The van der Waals surface area contributed by atoms with Crippen molar-refractivity contribution in [3.63, 3.8) is 0 Å². The summed E-state index contributed by atoms with van der Waals surface area (Å²) < 4.78 is 0. The number of unbranched alkanes of at least 4 members (excludes halogenated alkanes) is 1. The number of anilines is 4. The van der Waals surface area contributed by atoms with Crippen LogP contribution in [0.4, 0.5) is 23.0 Å². The first-order valence-electron chi connectivity index (χ1n) is 8.91. The van der Waals surface area contributed by atoms with Crippen molar-refractivity contribution in [3.8, 4) is 0 Å². The fourth-order valence-corrected chi connectivity index (χ4v) is 2.50. The maximum Gasteiger partial charge on any atom is 0.225 e. The number of hydrogen-bond acceptors (Lipinski definition) is 5. The zero-order valence-corrected chi connectivity index (χ0v) is 15.2. The van der Waals surface area contributed by atoms with Crippen molar-refractivity contribution >= 4 is 28.9 Å². The molecule has 0 aliphatic heterocycles. The maximum absolute atomic E-state index is 11.7. The summed E-state index contributed by atoms with van der Waals surface area (Å²) >= 11 is 0. The van der Waals surface area contributed by atoms with E-state index in [-0.39, 0.29) is 5.91 Å². The Morgan fingerprint density at radius 1 is 0.960 bits per heavy atom. The Morgan fingerprint density at radius 2 is 1.60 bits per heavy atom. The Labute approximate surface area is 149 Å². The Bertz CT molecular complexity index is 651. The van der Waals surface area contributed by atoms with Gasteiger partial charge in [-0.25, -0.2) is 0 Å². The highest BCUT2D eigenvalue weighted by Crippen LogP contribution is 2.20. The number of aromatic nitrogens is 2. The van der Waals surface area contributed by atoms with Gasteiger partial charge >= 0.3 is 0 Å². The SMILES string of the molecule is CCCCC(=O)Nc1ccc(Nc2ccc(N(CC)CC)cc2)nn1. The number of amides is 1. The first kappa shape index (κ1) is 18.7. The molecule has 1 heterocycles. The molecule has 1 aromatic carbocycles. The number of benzene rings is 1. The highest BCUT2D eigenvalue weighted by molar-refractivity contribution is 5.89. The van der Waals surface area contributed by atoms with Crippen molar-refractivity contribution in [2.45, 2.75) is 40.0 Å². The molecule has 6 nitrogen and oxygen atoms in total. The summed E-state index contributed by atoms with van der Waals surface area (Å²) in [5.41, 5.74) is 2.15. The van der Waals surface area contributed by atoms with Gasteiger partial charge in [0.1, 0.15) is 0 Å². The van der Waals surface area contributed by atoms with E-state index in [1.807, 2.05) is 12.1 Å². The molecule has 0 aliphatic carbocycles. The normalized spacial score (nSPS) is 10.4. The monoisotopic (exact) mass is 341 g/mol. The molecule has 0 aliphatic rings. The van der Waals surface area contributed by atoms with Gasteiger partial charge in [0.05, 0.1) is 0 Å². The van der Waals surface area contributed by atoms with Crippen molar-refractivity contribution in [2.75, 3.05) is 28.6 Å². The average Bonchev–Trinajstić information content (AvgIpc) is 2.64. The molecule has 1 amide bonds. The molecule has 0 unspecified atom stereocenters. The van der Waals surface area contributed by atoms with E-state index in [0.717, 1.165) is 31.6 Å². The van der Waals surface area contributed by atoms with Gasteiger partial charge in [0.25, 0.3) is 0 Å². The molecule has 0 bridgehead atoms. The maximum atomic E-state index is 11.7. The highest BCUT2D eigenvalue weighted by atomic mass is 16.1. The molecule has 6 heteroatoms. The predicted octanol–water partition coefficient (Wildman–Crippen LogP) is 4.20. The van der Waals surface area contributed by atoms with Gasteiger partial charge in [0.2, 0.25) is 5.91 Å². The standard InChI is InChI=1S/C19H27N5O/c1-4-7-8-19(25)21-18-14-13-17(22-23-18)20-15-9-11-16(12-10-15)24(5-2)6-3/h9-14H,4-8H2,1-3H3,(H,20,22)(H,21,23,25). The van der Waals surface area contributed by atoms with Gasteiger partial charge in [-0.05, 0) is 56.7 Å². The minimum atomic E-state index is -0.0242. The average molecular weight is 341 g/mol. The van der Waals surface area contributed by atoms with Crippen molar-refractivity contribution in [2.24, 2.45) is 0 Å². The summed E-state index contributed by atoms with van der Waals surface area (Å²) in [7, 11) is 0. The van der Waals surface area contributed by atoms with Crippen LogP contribution in [0.3, 0.4) is 0 Å². The van der Waals surface area contributed by atoms with Gasteiger partial charge in [-0.2, -0.15) is 0 Å². The minimum Gasteiger partial charge on any atom is -0.372 e. The van der Waals surface area contributed by atoms with E-state index in [0.29, 0.717) is 18.1 Å². The van der Waals surface area contributed by atoms with Gasteiger partial charge in [-0.3, -0.25) is 4.79 Å². The second kappa shape index (κ2) is 9.61. The molecule has 0 spiro atoms. The van der Waals surface area contributed by atoms with Gasteiger partial charge in [0.15, 0.2) is 11.6 Å².